The zero-order valence-electron chi connectivity index (χ0n) is 14.8. The van der Waals surface area contributed by atoms with Gasteiger partial charge in [0.05, 0.1) is 6.61 Å². The van der Waals surface area contributed by atoms with Crippen molar-refractivity contribution < 1.29 is 9.53 Å². The molecule has 2 nitrogen and oxygen atoms in total. The maximum atomic E-state index is 11.7. The first-order valence-electron chi connectivity index (χ1n) is 9.10. The van der Waals surface area contributed by atoms with E-state index in [9.17, 15) is 4.79 Å². The summed E-state index contributed by atoms with van der Waals surface area (Å²) in [6, 6.07) is 12.6. The third kappa shape index (κ3) is 5.79. The molecule has 1 heterocycles. The molecule has 0 spiro atoms. The first kappa shape index (κ1) is 18.7. The van der Waals surface area contributed by atoms with Gasteiger partial charge in [-0.3, -0.25) is 0 Å². The maximum Gasteiger partial charge on any atom is 0.348 e. The minimum Gasteiger partial charge on any atom is -0.462 e. The average molecular weight is 345 g/mol. The van der Waals surface area contributed by atoms with Crippen molar-refractivity contribution in [3.8, 4) is 10.4 Å². The number of carbonyl (C=O) groups is 1. The van der Waals surface area contributed by atoms with Crippen LogP contribution in [0.1, 0.15) is 67.6 Å². The monoisotopic (exact) mass is 344 g/mol. The highest BCUT2D eigenvalue weighted by molar-refractivity contribution is 7.17. The Labute approximate surface area is 149 Å². The van der Waals surface area contributed by atoms with Crippen LogP contribution in [0.5, 0.6) is 0 Å². The summed E-state index contributed by atoms with van der Waals surface area (Å²) in [7, 11) is 0. The van der Waals surface area contributed by atoms with E-state index in [1.165, 1.54) is 61.0 Å². The molecule has 0 amide bonds. The topological polar surface area (TPSA) is 26.3 Å². The molecule has 0 saturated carbocycles. The lowest BCUT2D eigenvalue weighted by atomic mass is 10.0. The van der Waals surface area contributed by atoms with Crippen LogP contribution in [-0.4, -0.2) is 12.6 Å². The second-order valence-corrected chi connectivity index (χ2v) is 7.18. The van der Waals surface area contributed by atoms with Gasteiger partial charge in [0.1, 0.15) is 4.88 Å². The number of carbonyl (C=O) groups excluding carboxylic acids is 1. The molecule has 0 atom stereocenters. The molecule has 2 aromatic rings. The molecule has 0 aliphatic rings. The summed E-state index contributed by atoms with van der Waals surface area (Å²) in [5.74, 6) is -0.228. The molecule has 130 valence electrons. The van der Waals surface area contributed by atoms with Crippen LogP contribution in [0.2, 0.25) is 0 Å². The number of benzene rings is 1. The Kier molecular flexibility index (Phi) is 8.03. The quantitative estimate of drug-likeness (QED) is 0.363. The van der Waals surface area contributed by atoms with Crippen molar-refractivity contribution in [2.45, 2.75) is 58.8 Å². The van der Waals surface area contributed by atoms with Gasteiger partial charge in [-0.2, -0.15) is 0 Å². The van der Waals surface area contributed by atoms with Gasteiger partial charge >= 0.3 is 5.97 Å². The standard InChI is InChI=1S/C21H28O2S/c1-3-5-6-7-8-9-10-17-11-13-18(14-12-17)19-15-16-20(24-19)21(22)23-4-2/h11-16H,3-10H2,1-2H3. The smallest absolute Gasteiger partial charge is 0.348 e. The number of esters is 1. The Balaban J connectivity index is 1.84. The Morgan fingerprint density at radius 3 is 2.33 bits per heavy atom. The van der Waals surface area contributed by atoms with Crippen molar-refractivity contribution in [1.82, 2.24) is 0 Å². The van der Waals surface area contributed by atoms with Gasteiger partial charge < -0.3 is 4.74 Å². The first-order valence-corrected chi connectivity index (χ1v) is 9.92. The normalized spacial score (nSPS) is 10.8. The molecule has 24 heavy (non-hydrogen) atoms. The van der Waals surface area contributed by atoms with Crippen molar-refractivity contribution in [2.24, 2.45) is 0 Å². The molecule has 0 fully saturated rings. The first-order chi connectivity index (χ1) is 11.7. The highest BCUT2D eigenvalue weighted by Gasteiger charge is 2.10. The van der Waals surface area contributed by atoms with Crippen LogP contribution < -0.4 is 0 Å². The zero-order chi connectivity index (χ0) is 17.2. The Morgan fingerprint density at radius 2 is 1.62 bits per heavy atom. The van der Waals surface area contributed by atoms with Gasteiger partial charge in [0.2, 0.25) is 0 Å². The van der Waals surface area contributed by atoms with Gasteiger partial charge in [0.15, 0.2) is 0 Å². The molecular formula is C21H28O2S. The second kappa shape index (κ2) is 10.3. The summed E-state index contributed by atoms with van der Waals surface area (Å²) in [5, 5.41) is 0. The average Bonchev–Trinajstić information content (AvgIpc) is 3.09. The maximum absolute atomic E-state index is 11.7. The summed E-state index contributed by atoms with van der Waals surface area (Å²) in [4.78, 5) is 13.5. The SMILES string of the molecule is CCCCCCCCc1ccc(-c2ccc(C(=O)OCC)s2)cc1. The fraction of sp³-hybridized carbons (Fsp3) is 0.476. The lowest BCUT2D eigenvalue weighted by molar-refractivity contribution is 0.0532. The third-order valence-corrected chi connectivity index (χ3v) is 5.25. The van der Waals surface area contributed by atoms with Gasteiger partial charge in [0, 0.05) is 4.88 Å². The van der Waals surface area contributed by atoms with Gasteiger partial charge in [-0.25, -0.2) is 4.79 Å². The third-order valence-electron chi connectivity index (χ3n) is 4.14. The predicted molar refractivity (Wildman–Crippen MR) is 103 cm³/mol. The Hall–Kier alpha value is -1.61. The van der Waals surface area contributed by atoms with E-state index < -0.39 is 0 Å². The molecular weight excluding hydrogens is 316 g/mol. The van der Waals surface area contributed by atoms with Crippen LogP contribution in [0, 0.1) is 0 Å². The zero-order valence-corrected chi connectivity index (χ0v) is 15.7. The van der Waals surface area contributed by atoms with E-state index in [0.29, 0.717) is 11.5 Å². The van der Waals surface area contributed by atoms with Gasteiger partial charge in [-0.05, 0) is 43.0 Å². The van der Waals surface area contributed by atoms with E-state index in [1.54, 1.807) is 0 Å². The summed E-state index contributed by atoms with van der Waals surface area (Å²) in [6.45, 7) is 4.50. The fourth-order valence-electron chi connectivity index (χ4n) is 2.75. The lowest BCUT2D eigenvalue weighted by Gasteiger charge is -2.04. The molecule has 0 aliphatic carbocycles. The molecule has 2 rings (SSSR count). The van der Waals surface area contributed by atoms with E-state index in [4.69, 9.17) is 4.74 Å². The highest BCUT2D eigenvalue weighted by atomic mass is 32.1. The highest BCUT2D eigenvalue weighted by Crippen LogP contribution is 2.29. The molecule has 0 radical (unpaired) electrons. The summed E-state index contributed by atoms with van der Waals surface area (Å²) < 4.78 is 5.05. The Bertz CT molecular complexity index is 613. The fourth-order valence-corrected chi connectivity index (χ4v) is 3.66. The molecule has 0 unspecified atom stereocenters. The molecule has 0 N–H and O–H groups in total. The molecule has 3 heteroatoms. The number of ether oxygens (including phenoxy) is 1. The largest absolute Gasteiger partial charge is 0.462 e. The van der Waals surface area contributed by atoms with Crippen LogP contribution >= 0.6 is 11.3 Å². The van der Waals surface area contributed by atoms with Gasteiger partial charge in [-0.1, -0.05) is 63.3 Å². The van der Waals surface area contributed by atoms with E-state index >= 15 is 0 Å². The minimum absolute atomic E-state index is 0.228. The number of hydrogen-bond donors (Lipinski definition) is 0. The van der Waals surface area contributed by atoms with Gasteiger partial charge in [-0.15, -0.1) is 11.3 Å². The predicted octanol–water partition coefficient (Wildman–Crippen LogP) is 6.49. The van der Waals surface area contributed by atoms with Crippen LogP contribution in [0.4, 0.5) is 0 Å². The van der Waals surface area contributed by atoms with Gasteiger partial charge in [0.25, 0.3) is 0 Å². The molecule has 0 bridgehead atoms. The number of aryl methyl sites for hydroxylation is 1. The number of hydrogen-bond acceptors (Lipinski definition) is 3. The van der Waals surface area contributed by atoms with E-state index in [-0.39, 0.29) is 5.97 Å². The summed E-state index contributed by atoms with van der Waals surface area (Å²) >= 11 is 1.49. The number of thiophene rings is 1. The van der Waals surface area contributed by atoms with E-state index in [1.807, 2.05) is 19.1 Å². The van der Waals surface area contributed by atoms with Crippen LogP contribution in [0.15, 0.2) is 36.4 Å². The lowest BCUT2D eigenvalue weighted by Crippen LogP contribution is -2.01. The van der Waals surface area contributed by atoms with Crippen molar-refractivity contribution in [1.29, 1.82) is 0 Å². The molecule has 1 aromatic carbocycles. The molecule has 1 aromatic heterocycles. The summed E-state index contributed by atoms with van der Waals surface area (Å²) in [5.41, 5.74) is 2.57. The van der Waals surface area contributed by atoms with Crippen molar-refractivity contribution in [3.63, 3.8) is 0 Å². The number of unbranched alkanes of at least 4 members (excludes halogenated alkanes) is 5. The summed E-state index contributed by atoms with van der Waals surface area (Å²) in [6.07, 6.45) is 9.16. The number of rotatable bonds is 10. The van der Waals surface area contributed by atoms with Crippen molar-refractivity contribution >= 4 is 17.3 Å². The van der Waals surface area contributed by atoms with Crippen molar-refractivity contribution in [2.75, 3.05) is 6.61 Å². The van der Waals surface area contributed by atoms with E-state index in [2.05, 4.69) is 31.2 Å². The van der Waals surface area contributed by atoms with Crippen molar-refractivity contribution in [3.05, 3.63) is 46.8 Å². The molecule has 0 saturated heterocycles. The van der Waals surface area contributed by atoms with Crippen LogP contribution in [0.25, 0.3) is 10.4 Å². The molecule has 0 aliphatic heterocycles. The second-order valence-electron chi connectivity index (χ2n) is 6.10. The van der Waals surface area contributed by atoms with Crippen LogP contribution in [0.3, 0.4) is 0 Å². The van der Waals surface area contributed by atoms with Crippen LogP contribution in [-0.2, 0) is 11.2 Å². The minimum atomic E-state index is -0.228. The Morgan fingerprint density at radius 1 is 0.917 bits per heavy atom. The van der Waals surface area contributed by atoms with E-state index in [0.717, 1.165) is 11.3 Å².